The van der Waals surface area contributed by atoms with Gasteiger partial charge in [-0.1, -0.05) is 19.3 Å². The second-order valence-electron chi connectivity index (χ2n) is 5.64. The minimum Gasteiger partial charge on any atom is -0.396 e. The van der Waals surface area contributed by atoms with Crippen LogP contribution in [0.15, 0.2) is 0 Å². The third-order valence-corrected chi connectivity index (χ3v) is 4.45. The highest BCUT2D eigenvalue weighted by Crippen LogP contribution is 2.22. The van der Waals surface area contributed by atoms with Gasteiger partial charge in [0.2, 0.25) is 0 Å². The van der Waals surface area contributed by atoms with Crippen molar-refractivity contribution in [3.63, 3.8) is 0 Å². The highest BCUT2D eigenvalue weighted by Gasteiger charge is 2.30. The Balaban J connectivity index is 1.80. The normalized spacial score (nSPS) is 32.8. The van der Waals surface area contributed by atoms with Crippen LogP contribution >= 0.6 is 0 Å². The van der Waals surface area contributed by atoms with Crippen LogP contribution in [0.3, 0.4) is 0 Å². The van der Waals surface area contributed by atoms with Crippen molar-refractivity contribution in [3.05, 3.63) is 0 Å². The van der Waals surface area contributed by atoms with E-state index in [1.54, 1.807) is 4.90 Å². The maximum absolute atomic E-state index is 9.11. The van der Waals surface area contributed by atoms with E-state index in [0.717, 1.165) is 12.3 Å². The van der Waals surface area contributed by atoms with E-state index in [1.807, 2.05) is 0 Å². The van der Waals surface area contributed by atoms with Crippen molar-refractivity contribution < 1.29 is 15.3 Å². The van der Waals surface area contributed by atoms with E-state index in [2.05, 4.69) is 5.32 Å². The van der Waals surface area contributed by atoms with Crippen molar-refractivity contribution in [2.45, 2.75) is 44.6 Å². The molecule has 1 unspecified atom stereocenters. The highest BCUT2D eigenvalue weighted by atomic mass is 16.3. The van der Waals surface area contributed by atoms with Gasteiger partial charge >= 0.3 is 0 Å². The number of rotatable bonds is 4. The van der Waals surface area contributed by atoms with Crippen LogP contribution < -0.4 is 10.2 Å². The molecule has 94 valence electrons. The van der Waals surface area contributed by atoms with Gasteiger partial charge < -0.3 is 15.3 Å². The first-order valence-corrected chi connectivity index (χ1v) is 7.17. The van der Waals surface area contributed by atoms with Gasteiger partial charge in [0.05, 0.1) is 6.54 Å². The van der Waals surface area contributed by atoms with Gasteiger partial charge in [-0.05, 0) is 12.8 Å². The average Bonchev–Trinajstić information content (AvgIpc) is 2.33. The molecule has 2 aliphatic rings. The van der Waals surface area contributed by atoms with Gasteiger partial charge in [0.15, 0.2) is 0 Å². The van der Waals surface area contributed by atoms with Gasteiger partial charge in [-0.15, -0.1) is 0 Å². The first kappa shape index (κ1) is 12.3. The molecule has 0 amide bonds. The van der Waals surface area contributed by atoms with Crippen molar-refractivity contribution in [1.82, 2.24) is 0 Å². The molecule has 2 atom stereocenters. The van der Waals surface area contributed by atoms with E-state index in [-0.39, 0.29) is 0 Å². The van der Waals surface area contributed by atoms with Crippen molar-refractivity contribution in [1.29, 1.82) is 0 Å². The molecule has 16 heavy (non-hydrogen) atoms. The van der Waals surface area contributed by atoms with E-state index < -0.39 is 0 Å². The molecular formula is C13H28N2O+2. The Hall–Kier alpha value is -0.120. The molecule has 0 aromatic carbocycles. The standard InChI is InChI=1S/C13H26N2O/c16-9-6-13-10-14-7-8-15(13)11-12-4-2-1-3-5-12/h12-14,16H,1-11H2/p+2/t13-/m0/s1. The summed E-state index contributed by atoms with van der Waals surface area (Å²) in [6.07, 6.45) is 8.28. The summed E-state index contributed by atoms with van der Waals surface area (Å²) in [7, 11) is 0. The second kappa shape index (κ2) is 6.58. The minimum atomic E-state index is 0.368. The molecule has 1 aliphatic heterocycles. The summed E-state index contributed by atoms with van der Waals surface area (Å²) in [5.74, 6) is 0.975. The van der Waals surface area contributed by atoms with Gasteiger partial charge in [0, 0.05) is 18.9 Å². The van der Waals surface area contributed by atoms with Crippen molar-refractivity contribution in [2.75, 3.05) is 32.8 Å². The highest BCUT2D eigenvalue weighted by molar-refractivity contribution is 4.66. The molecule has 0 radical (unpaired) electrons. The Morgan fingerprint density at radius 2 is 2.00 bits per heavy atom. The first-order valence-electron chi connectivity index (χ1n) is 7.17. The molecule has 1 saturated heterocycles. The van der Waals surface area contributed by atoms with E-state index >= 15 is 0 Å². The monoisotopic (exact) mass is 228 g/mol. The number of nitrogens with one attached hydrogen (secondary N) is 1. The molecule has 0 aromatic heterocycles. The van der Waals surface area contributed by atoms with Crippen LogP contribution in [-0.4, -0.2) is 43.9 Å². The maximum atomic E-state index is 9.11. The minimum absolute atomic E-state index is 0.368. The Morgan fingerprint density at radius 3 is 2.75 bits per heavy atom. The van der Waals surface area contributed by atoms with E-state index in [1.165, 1.54) is 58.3 Å². The number of nitrogens with two attached hydrogens (primary N) is 1. The van der Waals surface area contributed by atoms with Crippen molar-refractivity contribution in [3.8, 4) is 0 Å². The lowest BCUT2D eigenvalue weighted by atomic mass is 9.88. The van der Waals surface area contributed by atoms with Gasteiger partial charge in [-0.2, -0.15) is 0 Å². The average molecular weight is 228 g/mol. The van der Waals surface area contributed by atoms with E-state index in [0.29, 0.717) is 12.6 Å². The Bertz CT molecular complexity index is 190. The summed E-state index contributed by atoms with van der Waals surface area (Å²) < 4.78 is 0. The van der Waals surface area contributed by atoms with Crippen molar-refractivity contribution >= 4 is 0 Å². The molecule has 1 heterocycles. The van der Waals surface area contributed by atoms with Crippen LogP contribution in [0.2, 0.25) is 0 Å². The topological polar surface area (TPSA) is 41.3 Å². The number of quaternary nitrogens is 2. The molecule has 0 spiro atoms. The molecule has 1 saturated carbocycles. The largest absolute Gasteiger partial charge is 0.396 e. The zero-order valence-electron chi connectivity index (χ0n) is 10.5. The fraction of sp³-hybridized carbons (Fsp3) is 1.00. The smallest absolute Gasteiger partial charge is 0.139 e. The van der Waals surface area contributed by atoms with Crippen LogP contribution in [0.5, 0.6) is 0 Å². The molecule has 1 aliphatic carbocycles. The summed E-state index contributed by atoms with van der Waals surface area (Å²) in [6.45, 7) is 5.55. The summed E-state index contributed by atoms with van der Waals surface area (Å²) in [5, 5.41) is 11.5. The molecule has 0 aromatic rings. The van der Waals surface area contributed by atoms with Crippen LogP contribution in [0.1, 0.15) is 38.5 Å². The Labute approximate surface area is 99.2 Å². The summed E-state index contributed by atoms with van der Waals surface area (Å²) in [5.41, 5.74) is 0. The van der Waals surface area contributed by atoms with Crippen molar-refractivity contribution in [2.24, 2.45) is 5.92 Å². The van der Waals surface area contributed by atoms with E-state index in [9.17, 15) is 0 Å². The lowest BCUT2D eigenvalue weighted by Crippen LogP contribution is -3.24. The first-order chi connectivity index (χ1) is 7.90. The predicted molar refractivity (Wildman–Crippen MR) is 64.4 cm³/mol. The summed E-state index contributed by atoms with van der Waals surface area (Å²) in [4.78, 5) is 1.78. The van der Waals surface area contributed by atoms with Gasteiger partial charge in [-0.25, -0.2) is 0 Å². The van der Waals surface area contributed by atoms with Crippen LogP contribution in [0, 0.1) is 5.92 Å². The number of aliphatic hydroxyl groups is 1. The molecule has 2 fully saturated rings. The molecule has 3 heteroatoms. The van der Waals surface area contributed by atoms with E-state index in [4.69, 9.17) is 5.11 Å². The fourth-order valence-corrected chi connectivity index (χ4v) is 3.49. The van der Waals surface area contributed by atoms with Crippen LogP contribution in [-0.2, 0) is 0 Å². The van der Waals surface area contributed by atoms with Gasteiger partial charge in [0.25, 0.3) is 0 Å². The lowest BCUT2D eigenvalue weighted by molar-refractivity contribution is -0.974. The quantitative estimate of drug-likeness (QED) is 0.555. The SMILES string of the molecule is OCC[C@H]1C[NH2+]CC[NH+]1CC1CCCCC1. The second-order valence-corrected chi connectivity index (χ2v) is 5.64. The third-order valence-electron chi connectivity index (χ3n) is 4.45. The van der Waals surface area contributed by atoms with Crippen LogP contribution in [0.4, 0.5) is 0 Å². The fourth-order valence-electron chi connectivity index (χ4n) is 3.49. The molecule has 2 rings (SSSR count). The lowest BCUT2D eigenvalue weighted by Gasteiger charge is -2.34. The molecule has 4 N–H and O–H groups in total. The number of aliphatic hydroxyl groups excluding tert-OH is 1. The third kappa shape index (κ3) is 3.44. The summed E-state index contributed by atoms with van der Waals surface area (Å²) >= 11 is 0. The van der Waals surface area contributed by atoms with Gasteiger partial charge in [0.1, 0.15) is 25.7 Å². The Morgan fingerprint density at radius 1 is 1.19 bits per heavy atom. The Kier molecular flexibility index (Phi) is 5.07. The molecule has 0 bridgehead atoms. The molecule has 3 nitrogen and oxygen atoms in total. The predicted octanol–water partition coefficient (Wildman–Crippen LogP) is -1.22. The zero-order chi connectivity index (χ0) is 11.2. The van der Waals surface area contributed by atoms with Gasteiger partial charge in [-0.3, -0.25) is 0 Å². The van der Waals surface area contributed by atoms with Crippen LogP contribution in [0.25, 0.3) is 0 Å². The number of hydrogen-bond acceptors (Lipinski definition) is 1. The summed E-state index contributed by atoms with van der Waals surface area (Å²) in [6, 6.07) is 0.709. The number of piperazine rings is 1. The maximum Gasteiger partial charge on any atom is 0.139 e. The zero-order valence-corrected chi connectivity index (χ0v) is 10.5. The molecular weight excluding hydrogens is 200 g/mol. The number of hydrogen-bond donors (Lipinski definition) is 3.